The predicted molar refractivity (Wildman–Crippen MR) is 106 cm³/mol. The van der Waals surface area contributed by atoms with Gasteiger partial charge < -0.3 is 4.90 Å². The second kappa shape index (κ2) is 8.31. The fourth-order valence-electron chi connectivity index (χ4n) is 3.70. The molecule has 0 bridgehead atoms. The van der Waals surface area contributed by atoms with Gasteiger partial charge in [-0.05, 0) is 38.8 Å². The minimum Gasteiger partial charge on any atom is -0.315 e. The second-order valence-electron chi connectivity index (χ2n) is 7.38. The van der Waals surface area contributed by atoms with E-state index in [2.05, 4.69) is 12.1 Å². The summed E-state index contributed by atoms with van der Waals surface area (Å²) in [7, 11) is -1.40. The summed E-state index contributed by atoms with van der Waals surface area (Å²) >= 11 is 5.94. The van der Waals surface area contributed by atoms with Crippen molar-refractivity contribution in [3.8, 4) is 0 Å². The van der Waals surface area contributed by atoms with E-state index in [9.17, 15) is 8.42 Å². The Balaban J connectivity index is 1.77. The van der Waals surface area contributed by atoms with E-state index in [1.165, 1.54) is 10.5 Å². The average Bonchev–Trinajstić information content (AvgIpc) is 2.91. The highest BCUT2D eigenvalue weighted by Crippen LogP contribution is 2.25. The highest BCUT2D eigenvalue weighted by Gasteiger charge is 2.32. The summed E-state index contributed by atoms with van der Waals surface area (Å²) in [6, 6.07) is 7.80. The number of rotatable bonds is 6. The molecule has 1 aromatic heterocycles. The van der Waals surface area contributed by atoms with Crippen molar-refractivity contribution in [2.45, 2.75) is 51.2 Å². The van der Waals surface area contributed by atoms with Gasteiger partial charge in [0.15, 0.2) is 6.67 Å². The lowest BCUT2D eigenvalue weighted by molar-refractivity contribution is -0.917. The minimum absolute atomic E-state index is 0.378. The number of aryl methyl sites for hydroxylation is 1. The van der Waals surface area contributed by atoms with Gasteiger partial charge >= 0.3 is 0 Å². The number of nitrogens with zero attached hydrogens (tertiary/aromatic N) is 3. The fourth-order valence-corrected chi connectivity index (χ4v) is 5.72. The van der Waals surface area contributed by atoms with Gasteiger partial charge in [-0.15, -0.1) is 0 Å². The Morgan fingerprint density at radius 1 is 1.11 bits per heavy atom. The summed E-state index contributed by atoms with van der Waals surface area (Å²) < 4.78 is 29.6. The van der Waals surface area contributed by atoms with Crippen LogP contribution in [-0.4, -0.2) is 42.6 Å². The van der Waals surface area contributed by atoms with Crippen molar-refractivity contribution in [1.82, 2.24) is 14.1 Å². The maximum Gasteiger partial charge on any atom is 0.246 e. The summed E-state index contributed by atoms with van der Waals surface area (Å²) in [5.74, 6) is 0. The van der Waals surface area contributed by atoms with Crippen LogP contribution in [-0.2, 0) is 23.2 Å². The first-order valence-corrected chi connectivity index (χ1v) is 11.2. The first-order valence-electron chi connectivity index (χ1n) is 9.39. The molecule has 0 amide bonds. The molecule has 1 unspecified atom stereocenters. The van der Waals surface area contributed by atoms with Crippen LogP contribution in [0.1, 0.15) is 36.2 Å². The van der Waals surface area contributed by atoms with Crippen LogP contribution < -0.4 is 4.90 Å². The normalized spacial score (nSPS) is 17.2. The number of nitrogens with one attached hydrogen (secondary N) is 1. The van der Waals surface area contributed by atoms with Gasteiger partial charge in [0.05, 0.1) is 18.4 Å². The SMILES string of the molecule is Cc1nn(C[NH+](C)Cc2ccc(Cl)cc2)c(C)c1S(=O)(=O)N1CCCCC1. The molecule has 2 heterocycles. The Morgan fingerprint density at radius 3 is 2.37 bits per heavy atom. The largest absolute Gasteiger partial charge is 0.315 e. The standard InChI is InChI=1S/C19H27ClN4O2S/c1-15-19(27(25,26)23-11-5-4-6-12-23)16(2)24(21-15)14-22(3)13-17-7-9-18(20)10-8-17/h7-10H,4-6,11-14H2,1-3H3/p+1. The van der Waals surface area contributed by atoms with Crippen LogP contribution in [0, 0.1) is 13.8 Å². The summed E-state index contributed by atoms with van der Waals surface area (Å²) in [4.78, 5) is 1.59. The summed E-state index contributed by atoms with van der Waals surface area (Å²) in [5.41, 5.74) is 2.48. The van der Waals surface area contributed by atoms with Gasteiger partial charge in [0.2, 0.25) is 10.0 Å². The minimum atomic E-state index is -3.48. The van der Waals surface area contributed by atoms with E-state index >= 15 is 0 Å². The number of piperidine rings is 1. The highest BCUT2D eigenvalue weighted by atomic mass is 35.5. The molecule has 8 heteroatoms. The van der Waals surface area contributed by atoms with Gasteiger partial charge in [-0.25, -0.2) is 13.1 Å². The molecular weight excluding hydrogens is 384 g/mol. The lowest BCUT2D eigenvalue weighted by atomic mass is 10.2. The van der Waals surface area contributed by atoms with Crippen molar-refractivity contribution in [3.63, 3.8) is 0 Å². The summed E-state index contributed by atoms with van der Waals surface area (Å²) in [5, 5.41) is 5.26. The zero-order chi connectivity index (χ0) is 19.6. The Morgan fingerprint density at radius 2 is 1.74 bits per heavy atom. The number of benzene rings is 1. The van der Waals surface area contributed by atoms with E-state index < -0.39 is 10.0 Å². The molecule has 0 spiro atoms. The third-order valence-electron chi connectivity index (χ3n) is 5.07. The number of halogens is 1. The number of quaternary nitrogens is 1. The van der Waals surface area contributed by atoms with Crippen LogP contribution in [0.5, 0.6) is 0 Å². The molecular formula is C19H28ClN4O2S+. The fraction of sp³-hybridized carbons (Fsp3) is 0.526. The first kappa shape index (κ1) is 20.3. The van der Waals surface area contributed by atoms with E-state index in [-0.39, 0.29) is 0 Å². The van der Waals surface area contributed by atoms with Crippen LogP contribution >= 0.6 is 11.6 Å². The van der Waals surface area contributed by atoms with E-state index in [1.54, 1.807) is 11.2 Å². The third-order valence-corrected chi connectivity index (χ3v) is 7.47. The van der Waals surface area contributed by atoms with Crippen molar-refractivity contribution >= 4 is 21.6 Å². The number of hydrogen-bond acceptors (Lipinski definition) is 3. The molecule has 0 aliphatic carbocycles. The van der Waals surface area contributed by atoms with Gasteiger partial charge in [-0.3, -0.25) is 0 Å². The molecule has 1 fully saturated rings. The molecule has 2 aromatic rings. The molecule has 3 rings (SSSR count). The molecule has 1 N–H and O–H groups in total. The van der Waals surface area contributed by atoms with Crippen LogP contribution in [0.3, 0.4) is 0 Å². The molecule has 0 radical (unpaired) electrons. The number of hydrogen-bond donors (Lipinski definition) is 1. The van der Waals surface area contributed by atoms with Crippen molar-refractivity contribution in [1.29, 1.82) is 0 Å². The van der Waals surface area contributed by atoms with Crippen LogP contribution in [0.15, 0.2) is 29.2 Å². The van der Waals surface area contributed by atoms with Crippen molar-refractivity contribution in [3.05, 3.63) is 46.2 Å². The van der Waals surface area contributed by atoms with Crippen LogP contribution in [0.2, 0.25) is 5.02 Å². The van der Waals surface area contributed by atoms with Crippen LogP contribution in [0.4, 0.5) is 0 Å². The molecule has 1 aliphatic heterocycles. The molecule has 6 nitrogen and oxygen atoms in total. The molecule has 1 aromatic carbocycles. The smallest absolute Gasteiger partial charge is 0.246 e. The highest BCUT2D eigenvalue weighted by molar-refractivity contribution is 7.89. The molecule has 0 saturated carbocycles. The number of sulfonamides is 1. The van der Waals surface area contributed by atoms with E-state index in [4.69, 9.17) is 11.6 Å². The summed E-state index contributed by atoms with van der Waals surface area (Å²) in [6.45, 7) is 6.26. The van der Waals surface area contributed by atoms with Crippen molar-refractivity contribution in [2.24, 2.45) is 0 Å². The Kier molecular flexibility index (Phi) is 6.25. The third kappa shape index (κ3) is 4.54. The maximum atomic E-state index is 13.1. The van der Waals surface area contributed by atoms with E-state index in [1.807, 2.05) is 35.9 Å². The quantitative estimate of drug-likeness (QED) is 0.790. The molecule has 1 aliphatic rings. The summed E-state index contributed by atoms with van der Waals surface area (Å²) in [6.07, 6.45) is 2.96. The molecule has 1 saturated heterocycles. The zero-order valence-electron chi connectivity index (χ0n) is 16.2. The van der Waals surface area contributed by atoms with Crippen molar-refractivity contribution < 1.29 is 13.3 Å². The Labute approximate surface area is 166 Å². The van der Waals surface area contributed by atoms with Gasteiger partial charge in [-0.1, -0.05) is 30.2 Å². The average molecular weight is 412 g/mol. The Bertz CT molecular complexity index is 887. The lowest BCUT2D eigenvalue weighted by Gasteiger charge is -2.26. The first-order chi connectivity index (χ1) is 12.8. The van der Waals surface area contributed by atoms with Crippen LogP contribution in [0.25, 0.3) is 0 Å². The molecule has 1 atom stereocenters. The molecule has 27 heavy (non-hydrogen) atoms. The monoisotopic (exact) mass is 411 g/mol. The lowest BCUT2D eigenvalue weighted by Crippen LogP contribution is -3.07. The van der Waals surface area contributed by atoms with E-state index in [0.29, 0.717) is 36.0 Å². The van der Waals surface area contributed by atoms with Gasteiger partial charge in [0, 0.05) is 23.7 Å². The van der Waals surface area contributed by atoms with Gasteiger partial charge in [0.25, 0.3) is 0 Å². The second-order valence-corrected chi connectivity index (χ2v) is 9.69. The topological polar surface area (TPSA) is 59.6 Å². The van der Waals surface area contributed by atoms with Crippen molar-refractivity contribution in [2.75, 3.05) is 20.1 Å². The zero-order valence-corrected chi connectivity index (χ0v) is 17.8. The van der Waals surface area contributed by atoms with E-state index in [0.717, 1.165) is 30.8 Å². The number of aromatic nitrogens is 2. The Hall–Kier alpha value is -1.41. The van der Waals surface area contributed by atoms with Gasteiger partial charge in [-0.2, -0.15) is 9.40 Å². The maximum absolute atomic E-state index is 13.1. The predicted octanol–water partition coefficient (Wildman–Crippen LogP) is 2.00. The van der Waals surface area contributed by atoms with Gasteiger partial charge in [0.1, 0.15) is 11.4 Å². The molecule has 148 valence electrons.